The summed E-state index contributed by atoms with van der Waals surface area (Å²) < 4.78 is 0. The second-order valence-corrected chi connectivity index (χ2v) is 7.56. The van der Waals surface area contributed by atoms with Crippen molar-refractivity contribution >= 4 is 5.97 Å². The molecule has 0 aliphatic heterocycles. The molecule has 1 unspecified atom stereocenters. The molecule has 1 atom stereocenters. The van der Waals surface area contributed by atoms with E-state index >= 15 is 0 Å². The lowest BCUT2D eigenvalue weighted by molar-refractivity contribution is -0.142. The van der Waals surface area contributed by atoms with Crippen molar-refractivity contribution in [3.05, 3.63) is 0 Å². The summed E-state index contributed by atoms with van der Waals surface area (Å²) in [5.74, 6) is -0.672. The van der Waals surface area contributed by atoms with E-state index in [0.29, 0.717) is 0 Å². The molecule has 0 radical (unpaired) electrons. The molecule has 2 nitrogen and oxygen atoms in total. The number of hydrogen-bond donors (Lipinski definition) is 1. The number of carboxylic acids is 1. The van der Waals surface area contributed by atoms with Gasteiger partial charge in [0.1, 0.15) is 0 Å². The summed E-state index contributed by atoms with van der Waals surface area (Å²) in [5.41, 5.74) is 0. The fourth-order valence-electron chi connectivity index (χ4n) is 3.44. The molecule has 0 aliphatic rings. The van der Waals surface area contributed by atoms with Crippen LogP contribution in [0.3, 0.4) is 0 Å². The highest BCUT2D eigenvalue weighted by atomic mass is 16.4. The van der Waals surface area contributed by atoms with Crippen LogP contribution in [-0.4, -0.2) is 11.1 Å². The smallest absolute Gasteiger partial charge is 0.306 e. The third-order valence-electron chi connectivity index (χ3n) is 5.16. The lowest BCUT2D eigenvalue weighted by Gasteiger charge is -2.11. The van der Waals surface area contributed by atoms with Gasteiger partial charge in [-0.25, -0.2) is 0 Å². The molecule has 2 heteroatoms. The second-order valence-electron chi connectivity index (χ2n) is 7.56. The maximum Gasteiger partial charge on any atom is 0.306 e. The summed E-state index contributed by atoms with van der Waals surface area (Å²) in [6.45, 7) is 4.44. The highest BCUT2D eigenvalue weighted by Crippen LogP contribution is 2.19. The zero-order chi connectivity index (χ0) is 17.9. The van der Waals surface area contributed by atoms with E-state index in [-0.39, 0.29) is 5.92 Å². The first-order valence-electron chi connectivity index (χ1n) is 10.9. The summed E-state index contributed by atoms with van der Waals surface area (Å²) in [4.78, 5) is 11.2. The van der Waals surface area contributed by atoms with Crippen molar-refractivity contribution in [2.75, 3.05) is 0 Å². The van der Waals surface area contributed by atoms with Crippen molar-refractivity contribution in [3.8, 4) is 0 Å². The second kappa shape index (κ2) is 18.8. The summed E-state index contributed by atoms with van der Waals surface area (Å²) in [6, 6.07) is 0. The normalized spacial score (nSPS) is 12.4. The van der Waals surface area contributed by atoms with Gasteiger partial charge in [-0.05, 0) is 12.8 Å². The minimum Gasteiger partial charge on any atom is -0.481 e. The summed E-state index contributed by atoms with van der Waals surface area (Å²) in [6.07, 6.45) is 22.7. The maximum absolute atomic E-state index is 11.2. The van der Waals surface area contributed by atoms with Crippen molar-refractivity contribution in [1.82, 2.24) is 0 Å². The fourth-order valence-corrected chi connectivity index (χ4v) is 3.44. The Morgan fingerprint density at radius 1 is 0.583 bits per heavy atom. The van der Waals surface area contributed by atoms with Gasteiger partial charge in [-0.1, -0.05) is 117 Å². The molecule has 0 amide bonds. The summed E-state index contributed by atoms with van der Waals surface area (Å²) >= 11 is 0. The van der Waals surface area contributed by atoms with Crippen LogP contribution in [0.15, 0.2) is 0 Å². The number of rotatable bonds is 19. The molecule has 0 bridgehead atoms. The molecule has 0 fully saturated rings. The van der Waals surface area contributed by atoms with Crippen LogP contribution in [0, 0.1) is 5.92 Å². The summed E-state index contributed by atoms with van der Waals surface area (Å²) in [5, 5.41) is 9.26. The summed E-state index contributed by atoms with van der Waals surface area (Å²) in [7, 11) is 0. The SMILES string of the molecule is CCCCCCCCCCCCCCCC(CCCCC)C(=O)O. The van der Waals surface area contributed by atoms with Crippen LogP contribution in [0.4, 0.5) is 0 Å². The van der Waals surface area contributed by atoms with Crippen LogP contribution in [0.2, 0.25) is 0 Å². The van der Waals surface area contributed by atoms with Crippen molar-refractivity contribution in [1.29, 1.82) is 0 Å². The number of carboxylic acid groups (broad SMARTS) is 1. The van der Waals surface area contributed by atoms with Crippen LogP contribution >= 0.6 is 0 Å². The molecule has 0 aromatic heterocycles. The monoisotopic (exact) mass is 340 g/mol. The van der Waals surface area contributed by atoms with Gasteiger partial charge in [0.25, 0.3) is 0 Å². The topological polar surface area (TPSA) is 37.3 Å². The first kappa shape index (κ1) is 23.5. The Morgan fingerprint density at radius 3 is 1.25 bits per heavy atom. The Labute approximate surface area is 151 Å². The molecule has 0 aromatic carbocycles. The first-order valence-corrected chi connectivity index (χ1v) is 10.9. The van der Waals surface area contributed by atoms with Crippen molar-refractivity contribution in [3.63, 3.8) is 0 Å². The van der Waals surface area contributed by atoms with Crippen molar-refractivity contribution in [2.45, 2.75) is 129 Å². The van der Waals surface area contributed by atoms with Gasteiger partial charge < -0.3 is 5.11 Å². The lowest BCUT2D eigenvalue weighted by atomic mass is 9.94. The van der Waals surface area contributed by atoms with Crippen molar-refractivity contribution in [2.24, 2.45) is 5.92 Å². The van der Waals surface area contributed by atoms with E-state index < -0.39 is 5.97 Å². The number of hydrogen-bond acceptors (Lipinski definition) is 1. The van der Waals surface area contributed by atoms with Crippen molar-refractivity contribution < 1.29 is 9.90 Å². The average Bonchev–Trinajstić information content (AvgIpc) is 2.57. The van der Waals surface area contributed by atoms with E-state index in [0.717, 1.165) is 25.7 Å². The van der Waals surface area contributed by atoms with Gasteiger partial charge in [-0.3, -0.25) is 4.79 Å². The van der Waals surface area contributed by atoms with Gasteiger partial charge in [-0.15, -0.1) is 0 Å². The molecule has 0 saturated heterocycles. The standard InChI is InChI=1S/C22H44O2/c1-3-5-7-8-9-10-11-12-13-14-15-16-18-20-21(22(23)24)19-17-6-4-2/h21H,3-20H2,1-2H3,(H,23,24). The Kier molecular flexibility index (Phi) is 18.4. The number of aliphatic carboxylic acids is 1. The quantitative estimate of drug-likeness (QED) is 0.244. The minimum atomic E-state index is -0.579. The molecular weight excluding hydrogens is 296 g/mol. The number of unbranched alkanes of at least 4 members (excludes halogenated alkanes) is 14. The van der Waals surface area contributed by atoms with Crippen LogP contribution in [-0.2, 0) is 4.79 Å². The van der Waals surface area contributed by atoms with Gasteiger partial charge in [0, 0.05) is 0 Å². The Bertz CT molecular complexity index is 263. The Balaban J connectivity index is 3.32. The van der Waals surface area contributed by atoms with Gasteiger partial charge in [0.15, 0.2) is 0 Å². The van der Waals surface area contributed by atoms with E-state index in [1.54, 1.807) is 0 Å². The van der Waals surface area contributed by atoms with E-state index in [2.05, 4.69) is 13.8 Å². The highest BCUT2D eigenvalue weighted by Gasteiger charge is 2.15. The average molecular weight is 341 g/mol. The minimum absolute atomic E-state index is 0.0933. The van der Waals surface area contributed by atoms with E-state index in [1.165, 1.54) is 89.9 Å². The molecule has 24 heavy (non-hydrogen) atoms. The van der Waals surface area contributed by atoms with Gasteiger partial charge in [-0.2, -0.15) is 0 Å². The Hall–Kier alpha value is -0.530. The van der Waals surface area contributed by atoms with E-state index in [9.17, 15) is 9.90 Å². The predicted octanol–water partition coefficient (Wildman–Crippen LogP) is 7.75. The first-order chi connectivity index (χ1) is 11.7. The van der Waals surface area contributed by atoms with Gasteiger partial charge in [0.05, 0.1) is 5.92 Å². The van der Waals surface area contributed by atoms with Crippen LogP contribution in [0.1, 0.15) is 129 Å². The lowest BCUT2D eigenvalue weighted by Crippen LogP contribution is -2.13. The Morgan fingerprint density at radius 2 is 0.875 bits per heavy atom. The maximum atomic E-state index is 11.2. The molecule has 1 N–H and O–H groups in total. The van der Waals surface area contributed by atoms with Crippen LogP contribution < -0.4 is 0 Å². The molecule has 0 heterocycles. The largest absolute Gasteiger partial charge is 0.481 e. The molecule has 0 saturated carbocycles. The van der Waals surface area contributed by atoms with Gasteiger partial charge >= 0.3 is 5.97 Å². The van der Waals surface area contributed by atoms with E-state index in [4.69, 9.17) is 0 Å². The molecular formula is C22H44O2. The van der Waals surface area contributed by atoms with Gasteiger partial charge in [0.2, 0.25) is 0 Å². The molecule has 0 rings (SSSR count). The van der Waals surface area contributed by atoms with Crippen LogP contribution in [0.25, 0.3) is 0 Å². The fraction of sp³-hybridized carbons (Fsp3) is 0.955. The number of carbonyl (C=O) groups is 1. The third-order valence-corrected chi connectivity index (χ3v) is 5.16. The van der Waals surface area contributed by atoms with E-state index in [1.807, 2.05) is 0 Å². The zero-order valence-corrected chi connectivity index (χ0v) is 16.7. The third kappa shape index (κ3) is 16.3. The predicted molar refractivity (Wildman–Crippen MR) is 106 cm³/mol. The van der Waals surface area contributed by atoms with Crippen LogP contribution in [0.5, 0.6) is 0 Å². The molecule has 0 aromatic rings. The highest BCUT2D eigenvalue weighted by molar-refractivity contribution is 5.69. The molecule has 0 aliphatic carbocycles. The molecule has 0 spiro atoms. The zero-order valence-electron chi connectivity index (χ0n) is 16.7. The molecule has 144 valence electrons.